The molecule has 1 unspecified atom stereocenters. The summed E-state index contributed by atoms with van der Waals surface area (Å²) in [5.74, 6) is -0.0684. The molecule has 1 aromatic rings. The van der Waals surface area contributed by atoms with Crippen LogP contribution in [0, 0.1) is 5.41 Å². The maximum atomic E-state index is 12.7. The molecule has 4 rings (SSSR count). The normalized spacial score (nSPS) is 24.7. The lowest BCUT2D eigenvalue weighted by Crippen LogP contribution is -2.48. The number of piperidine rings is 1. The molecule has 7 nitrogen and oxygen atoms in total. The summed E-state index contributed by atoms with van der Waals surface area (Å²) >= 11 is 0.580. The van der Waals surface area contributed by atoms with E-state index in [1.165, 1.54) is 0 Å². The van der Waals surface area contributed by atoms with E-state index >= 15 is 0 Å². The monoisotopic (exact) mass is 477 g/mol. The number of halogens is 5. The van der Waals surface area contributed by atoms with Crippen molar-refractivity contribution in [1.82, 2.24) is 20.4 Å². The highest BCUT2D eigenvalue weighted by Crippen LogP contribution is 2.42. The molecular weight excluding hydrogens is 454 g/mol. The highest BCUT2D eigenvalue weighted by atomic mass is 35.5. The van der Waals surface area contributed by atoms with Gasteiger partial charge in [0.2, 0.25) is 10.1 Å². The number of rotatable bonds is 3. The predicted molar refractivity (Wildman–Crippen MR) is 107 cm³/mol. The smallest absolute Gasteiger partial charge is 0.445 e. The first-order chi connectivity index (χ1) is 12.9. The Bertz CT molecular complexity index is 694. The Balaban J connectivity index is 0.00000150. The molecule has 0 bridgehead atoms. The van der Waals surface area contributed by atoms with Gasteiger partial charge in [0.15, 0.2) is 0 Å². The molecule has 166 valence electrons. The summed E-state index contributed by atoms with van der Waals surface area (Å²) in [5, 5.41) is 9.61. The van der Waals surface area contributed by atoms with E-state index in [-0.39, 0.29) is 42.3 Å². The molecule has 1 N–H and O–H groups in total. The average Bonchev–Trinajstić information content (AvgIpc) is 3.23. The molecule has 3 aliphatic rings. The highest BCUT2D eigenvalue weighted by Gasteiger charge is 2.49. The highest BCUT2D eigenvalue weighted by molar-refractivity contribution is 7.15. The number of carbonyl (C=O) groups excluding carboxylic acids is 1. The third-order valence-electron chi connectivity index (χ3n) is 5.65. The maximum Gasteiger partial charge on any atom is 0.445 e. The fourth-order valence-corrected chi connectivity index (χ4v) is 4.88. The number of piperazine rings is 1. The number of carbonyl (C=O) groups is 1. The van der Waals surface area contributed by atoms with Gasteiger partial charge in [-0.25, -0.2) is 0 Å². The van der Waals surface area contributed by atoms with Crippen molar-refractivity contribution in [2.45, 2.75) is 31.5 Å². The zero-order valence-corrected chi connectivity index (χ0v) is 18.1. The number of anilines is 1. The minimum absolute atomic E-state index is 0. The molecular formula is C16H24Cl2F3N5O2S. The van der Waals surface area contributed by atoms with Gasteiger partial charge in [-0.3, -0.25) is 9.69 Å². The van der Waals surface area contributed by atoms with Gasteiger partial charge >= 0.3 is 12.1 Å². The molecule has 0 aromatic carbocycles. The first-order valence-electron chi connectivity index (χ1n) is 9.16. The topological polar surface area (TPSA) is 70.6 Å². The minimum atomic E-state index is -4.45. The van der Waals surface area contributed by atoms with Crippen molar-refractivity contribution in [3.63, 3.8) is 0 Å². The van der Waals surface area contributed by atoms with E-state index in [1.807, 2.05) is 4.90 Å². The van der Waals surface area contributed by atoms with Gasteiger partial charge in [0.25, 0.3) is 0 Å². The quantitative estimate of drug-likeness (QED) is 0.669. The van der Waals surface area contributed by atoms with Crippen molar-refractivity contribution in [1.29, 1.82) is 0 Å². The van der Waals surface area contributed by atoms with Gasteiger partial charge in [-0.1, -0.05) is 11.3 Å². The number of hydrogen-bond acceptors (Lipinski definition) is 8. The molecule has 1 aromatic heterocycles. The van der Waals surface area contributed by atoms with E-state index in [2.05, 4.69) is 20.4 Å². The van der Waals surface area contributed by atoms with Crippen LogP contribution in [0.15, 0.2) is 0 Å². The van der Waals surface area contributed by atoms with Gasteiger partial charge < -0.3 is 15.0 Å². The summed E-state index contributed by atoms with van der Waals surface area (Å²) in [6.45, 7) is 4.95. The second-order valence-electron chi connectivity index (χ2n) is 7.44. The van der Waals surface area contributed by atoms with Crippen LogP contribution in [0.3, 0.4) is 0 Å². The molecule has 0 amide bonds. The van der Waals surface area contributed by atoms with Crippen LogP contribution in [0.2, 0.25) is 0 Å². The lowest BCUT2D eigenvalue weighted by atomic mass is 9.76. The van der Waals surface area contributed by atoms with Crippen molar-refractivity contribution in [3.8, 4) is 0 Å². The van der Waals surface area contributed by atoms with Crippen molar-refractivity contribution < 1.29 is 22.7 Å². The van der Waals surface area contributed by atoms with E-state index in [0.717, 1.165) is 32.4 Å². The number of ether oxygens (including phenoxy) is 1. The average molecular weight is 478 g/mol. The fourth-order valence-electron chi connectivity index (χ4n) is 4.12. The van der Waals surface area contributed by atoms with Crippen molar-refractivity contribution >= 4 is 47.3 Å². The van der Waals surface area contributed by atoms with Crippen LogP contribution in [0.25, 0.3) is 0 Å². The second kappa shape index (κ2) is 9.51. The van der Waals surface area contributed by atoms with E-state index in [1.54, 1.807) is 0 Å². The Hall–Kier alpha value is -0.880. The molecule has 3 saturated heterocycles. The van der Waals surface area contributed by atoms with Crippen LogP contribution < -0.4 is 10.2 Å². The SMILES string of the molecule is Cl.Cl.O=C1OC(CN2CCN(c3nnc(C(F)(F)F)s3)CC2)CC12CCNCC2. The van der Waals surface area contributed by atoms with E-state index in [4.69, 9.17) is 4.74 Å². The largest absolute Gasteiger partial charge is 0.461 e. The molecule has 1 atom stereocenters. The van der Waals surface area contributed by atoms with Gasteiger partial charge in [-0.15, -0.1) is 35.0 Å². The van der Waals surface area contributed by atoms with Crippen LogP contribution in [-0.4, -0.2) is 73.0 Å². The van der Waals surface area contributed by atoms with Crippen LogP contribution >= 0.6 is 36.2 Å². The molecule has 1 spiro atoms. The number of nitrogens with zero attached hydrogens (tertiary/aromatic N) is 4. The lowest BCUT2D eigenvalue weighted by Gasteiger charge is -2.35. The Morgan fingerprint density at radius 2 is 1.79 bits per heavy atom. The Kier molecular flexibility index (Phi) is 7.99. The fraction of sp³-hybridized carbons (Fsp3) is 0.812. The summed E-state index contributed by atoms with van der Waals surface area (Å²) in [7, 11) is 0. The zero-order chi connectivity index (χ0) is 19.1. The Morgan fingerprint density at radius 3 is 2.38 bits per heavy atom. The molecule has 0 aliphatic carbocycles. The third kappa shape index (κ3) is 5.25. The van der Waals surface area contributed by atoms with Crippen molar-refractivity contribution in [2.75, 3.05) is 50.7 Å². The molecule has 0 saturated carbocycles. The van der Waals surface area contributed by atoms with Gasteiger partial charge in [0.1, 0.15) is 6.10 Å². The van der Waals surface area contributed by atoms with Gasteiger partial charge in [0.05, 0.1) is 5.41 Å². The van der Waals surface area contributed by atoms with Crippen LogP contribution in [0.5, 0.6) is 0 Å². The van der Waals surface area contributed by atoms with Crippen LogP contribution in [0.4, 0.5) is 18.3 Å². The number of cyclic esters (lactones) is 1. The molecule has 13 heteroatoms. The summed E-state index contributed by atoms with van der Waals surface area (Å²) in [6.07, 6.45) is -2.13. The zero-order valence-electron chi connectivity index (χ0n) is 15.6. The molecule has 0 radical (unpaired) electrons. The summed E-state index contributed by atoms with van der Waals surface area (Å²) in [5.41, 5.74) is -0.321. The first-order valence-corrected chi connectivity index (χ1v) is 9.97. The van der Waals surface area contributed by atoms with E-state index in [9.17, 15) is 18.0 Å². The van der Waals surface area contributed by atoms with Crippen LogP contribution in [-0.2, 0) is 15.7 Å². The number of hydrogen-bond donors (Lipinski definition) is 1. The maximum absolute atomic E-state index is 12.7. The number of aromatic nitrogens is 2. The summed E-state index contributed by atoms with van der Waals surface area (Å²) in [4.78, 5) is 16.4. The van der Waals surface area contributed by atoms with Gasteiger partial charge in [-0.05, 0) is 25.9 Å². The van der Waals surface area contributed by atoms with Gasteiger partial charge in [0, 0.05) is 39.1 Å². The van der Waals surface area contributed by atoms with Gasteiger partial charge in [-0.2, -0.15) is 13.2 Å². The molecule has 4 heterocycles. The predicted octanol–water partition coefficient (Wildman–Crippen LogP) is 2.21. The molecule has 3 aliphatic heterocycles. The van der Waals surface area contributed by atoms with Crippen LogP contribution in [0.1, 0.15) is 24.3 Å². The molecule has 3 fully saturated rings. The Morgan fingerprint density at radius 1 is 1.14 bits per heavy atom. The Labute approximate surface area is 183 Å². The minimum Gasteiger partial charge on any atom is -0.461 e. The molecule has 29 heavy (non-hydrogen) atoms. The first kappa shape index (κ1) is 24.4. The number of alkyl halides is 3. The summed E-state index contributed by atoms with van der Waals surface area (Å²) < 4.78 is 43.7. The standard InChI is InChI=1S/C16H22F3N5O2S.2ClH/c17-16(18,19)12-21-22-14(27-12)24-7-5-23(6-8-24)10-11-9-15(13(25)26-11)1-3-20-4-2-15;;/h11,20H,1-10H2;2*1H. The van der Waals surface area contributed by atoms with Crippen molar-refractivity contribution in [3.05, 3.63) is 5.01 Å². The lowest BCUT2D eigenvalue weighted by molar-refractivity contribution is -0.150. The van der Waals surface area contributed by atoms with E-state index in [0.29, 0.717) is 49.2 Å². The third-order valence-corrected chi connectivity index (χ3v) is 6.68. The number of esters is 1. The van der Waals surface area contributed by atoms with E-state index < -0.39 is 11.2 Å². The second-order valence-corrected chi connectivity index (χ2v) is 8.39. The summed E-state index contributed by atoms with van der Waals surface area (Å²) in [6, 6.07) is 0. The number of nitrogens with one attached hydrogen (secondary N) is 1. The van der Waals surface area contributed by atoms with Crippen molar-refractivity contribution in [2.24, 2.45) is 5.41 Å².